The van der Waals surface area contributed by atoms with E-state index in [0.29, 0.717) is 17.5 Å². The van der Waals surface area contributed by atoms with Crippen LogP contribution in [0.4, 0.5) is 0 Å². The third-order valence-electron chi connectivity index (χ3n) is 10.8. The molecule has 11 rings (SSSR count). The summed E-state index contributed by atoms with van der Waals surface area (Å²) >= 11 is 0. The first-order valence-electron chi connectivity index (χ1n) is 18.6. The van der Waals surface area contributed by atoms with Gasteiger partial charge in [0.2, 0.25) is 0 Å². The minimum atomic E-state index is 0.633. The van der Waals surface area contributed by atoms with Crippen molar-refractivity contribution in [2.24, 2.45) is 0 Å². The van der Waals surface area contributed by atoms with Gasteiger partial charge in [-0.1, -0.05) is 170 Å². The minimum Gasteiger partial charge on any atom is -0.309 e. The van der Waals surface area contributed by atoms with Gasteiger partial charge in [-0.2, -0.15) is 0 Å². The Morgan fingerprint density at radius 3 is 1.69 bits per heavy atom. The molecule has 0 aliphatic heterocycles. The monoisotopic (exact) mass is 700 g/mol. The zero-order chi connectivity index (χ0) is 36.3. The summed E-state index contributed by atoms with van der Waals surface area (Å²) < 4.78 is 2.38. The molecule has 2 heterocycles. The summed E-state index contributed by atoms with van der Waals surface area (Å²) in [6.07, 6.45) is 0. The van der Waals surface area contributed by atoms with E-state index in [2.05, 4.69) is 180 Å². The topological polar surface area (TPSA) is 43.6 Å². The number of rotatable bonds is 5. The second-order valence-corrected chi connectivity index (χ2v) is 14.0. The lowest BCUT2D eigenvalue weighted by Gasteiger charge is -2.15. The zero-order valence-electron chi connectivity index (χ0n) is 29.8. The highest BCUT2D eigenvalue weighted by atomic mass is 15.0. The summed E-state index contributed by atoms with van der Waals surface area (Å²) in [5.74, 6) is 1.93. The molecule has 0 fully saturated rings. The van der Waals surface area contributed by atoms with Crippen LogP contribution >= 0.6 is 0 Å². The Bertz CT molecular complexity index is 3240. The molecule has 256 valence electrons. The molecule has 9 aromatic carbocycles. The van der Waals surface area contributed by atoms with E-state index >= 15 is 0 Å². The number of aromatic nitrogens is 4. The molecule has 0 amide bonds. The summed E-state index contributed by atoms with van der Waals surface area (Å²) in [5, 5.41) is 9.44. The molecule has 0 atom stereocenters. The Labute approximate surface area is 317 Å². The lowest BCUT2D eigenvalue weighted by atomic mass is 9.93. The van der Waals surface area contributed by atoms with Crippen LogP contribution in [0.5, 0.6) is 0 Å². The number of hydrogen-bond donors (Lipinski definition) is 0. The molecule has 0 aliphatic carbocycles. The van der Waals surface area contributed by atoms with Crippen LogP contribution in [0.2, 0.25) is 0 Å². The van der Waals surface area contributed by atoms with Crippen LogP contribution < -0.4 is 0 Å². The molecule has 0 N–H and O–H groups in total. The van der Waals surface area contributed by atoms with Gasteiger partial charge in [0.1, 0.15) is 0 Å². The van der Waals surface area contributed by atoms with Gasteiger partial charge in [-0.25, -0.2) is 15.0 Å². The first-order valence-corrected chi connectivity index (χ1v) is 18.6. The molecule has 4 heteroatoms. The normalized spacial score (nSPS) is 11.6. The highest BCUT2D eigenvalue weighted by molar-refractivity contribution is 6.19. The van der Waals surface area contributed by atoms with Gasteiger partial charge in [-0.3, -0.25) is 0 Å². The van der Waals surface area contributed by atoms with Crippen LogP contribution in [0, 0.1) is 0 Å². The van der Waals surface area contributed by atoms with Gasteiger partial charge < -0.3 is 4.57 Å². The summed E-state index contributed by atoms with van der Waals surface area (Å²) in [6, 6.07) is 68.6. The van der Waals surface area contributed by atoms with Gasteiger partial charge in [0.05, 0.1) is 11.0 Å². The Balaban J connectivity index is 1.11. The molecule has 0 bridgehead atoms. The smallest absolute Gasteiger partial charge is 0.165 e. The molecule has 55 heavy (non-hydrogen) atoms. The molecule has 0 saturated heterocycles. The van der Waals surface area contributed by atoms with Crippen LogP contribution in [-0.4, -0.2) is 19.5 Å². The average Bonchev–Trinajstić information content (AvgIpc) is 3.61. The standard InChI is InChI=1S/C51H32N4/c1-3-15-35(16-4-1)49-52-50(54-51(53-49)47-40-21-10-8-17-37(40)32-45-39-20-9-7-14-33(39)30-31-43(45)47)36-28-26-34(27-29-36)41-23-13-24-44-42-22-11-12-25-46(42)55(48(41)44)38-18-5-2-6-19-38/h1-32H. The zero-order valence-corrected chi connectivity index (χ0v) is 29.8. The van der Waals surface area contributed by atoms with Gasteiger partial charge >= 0.3 is 0 Å². The van der Waals surface area contributed by atoms with E-state index in [1.165, 1.54) is 43.5 Å². The van der Waals surface area contributed by atoms with Crippen molar-refractivity contribution in [2.75, 3.05) is 0 Å². The Morgan fingerprint density at radius 2 is 0.909 bits per heavy atom. The maximum atomic E-state index is 5.29. The second kappa shape index (κ2) is 12.6. The Morgan fingerprint density at radius 1 is 0.327 bits per heavy atom. The molecular formula is C51H32N4. The maximum absolute atomic E-state index is 5.29. The second-order valence-electron chi connectivity index (χ2n) is 14.0. The third kappa shape index (κ3) is 5.11. The van der Waals surface area contributed by atoms with Crippen molar-refractivity contribution in [3.8, 4) is 51.0 Å². The first kappa shape index (κ1) is 31.1. The van der Waals surface area contributed by atoms with Crippen molar-refractivity contribution in [3.63, 3.8) is 0 Å². The van der Waals surface area contributed by atoms with E-state index < -0.39 is 0 Å². The number of para-hydroxylation sites is 3. The van der Waals surface area contributed by atoms with E-state index in [-0.39, 0.29) is 0 Å². The summed E-state index contributed by atoms with van der Waals surface area (Å²) in [5.41, 5.74) is 8.68. The van der Waals surface area contributed by atoms with Crippen LogP contribution in [0.3, 0.4) is 0 Å². The lowest BCUT2D eigenvalue weighted by Crippen LogP contribution is -2.01. The summed E-state index contributed by atoms with van der Waals surface area (Å²) in [6.45, 7) is 0. The number of hydrogen-bond acceptors (Lipinski definition) is 3. The van der Waals surface area contributed by atoms with Crippen molar-refractivity contribution in [2.45, 2.75) is 0 Å². The summed E-state index contributed by atoms with van der Waals surface area (Å²) in [7, 11) is 0. The van der Waals surface area contributed by atoms with Crippen LogP contribution in [0.25, 0.3) is 105 Å². The number of fused-ring (bicyclic) bond motifs is 7. The fourth-order valence-corrected chi connectivity index (χ4v) is 8.29. The lowest BCUT2D eigenvalue weighted by molar-refractivity contribution is 1.08. The van der Waals surface area contributed by atoms with Gasteiger partial charge in [-0.05, 0) is 62.1 Å². The molecule has 0 saturated carbocycles. The predicted molar refractivity (Wildman–Crippen MR) is 228 cm³/mol. The SMILES string of the molecule is c1ccc(-c2nc(-c3ccc(-c4cccc5c6ccccc6n(-c6ccccc6)c45)cc3)nc(-c3c4ccccc4cc4c3ccc3ccccc34)n2)cc1. The van der Waals surface area contributed by atoms with Crippen molar-refractivity contribution in [3.05, 3.63) is 194 Å². The maximum Gasteiger partial charge on any atom is 0.165 e. The van der Waals surface area contributed by atoms with Gasteiger partial charge in [0.15, 0.2) is 17.5 Å². The highest BCUT2D eigenvalue weighted by Gasteiger charge is 2.20. The number of benzene rings is 9. The molecule has 0 unspecified atom stereocenters. The van der Waals surface area contributed by atoms with E-state index in [1.54, 1.807) is 0 Å². The van der Waals surface area contributed by atoms with Crippen molar-refractivity contribution >= 4 is 54.1 Å². The van der Waals surface area contributed by atoms with E-state index in [9.17, 15) is 0 Å². The van der Waals surface area contributed by atoms with Crippen LogP contribution in [-0.2, 0) is 0 Å². The highest BCUT2D eigenvalue weighted by Crippen LogP contribution is 2.41. The van der Waals surface area contributed by atoms with Gasteiger partial charge in [0.25, 0.3) is 0 Å². The van der Waals surface area contributed by atoms with Crippen LogP contribution in [0.1, 0.15) is 0 Å². The quantitative estimate of drug-likeness (QED) is 0.133. The van der Waals surface area contributed by atoms with E-state index in [1.807, 2.05) is 18.2 Å². The fraction of sp³-hybridized carbons (Fsp3) is 0. The van der Waals surface area contributed by atoms with E-state index in [0.717, 1.165) is 44.1 Å². The molecule has 0 radical (unpaired) electrons. The average molecular weight is 701 g/mol. The Kier molecular flexibility index (Phi) is 7.14. The minimum absolute atomic E-state index is 0.633. The molecule has 4 nitrogen and oxygen atoms in total. The predicted octanol–water partition coefficient (Wildman–Crippen LogP) is 13.1. The molecule has 2 aromatic heterocycles. The molecular weight excluding hydrogens is 669 g/mol. The van der Waals surface area contributed by atoms with Crippen molar-refractivity contribution < 1.29 is 0 Å². The van der Waals surface area contributed by atoms with Gasteiger partial charge in [0, 0.05) is 38.7 Å². The molecule has 0 spiro atoms. The molecule has 0 aliphatic rings. The largest absolute Gasteiger partial charge is 0.309 e. The van der Waals surface area contributed by atoms with E-state index in [4.69, 9.17) is 15.0 Å². The molecule has 11 aromatic rings. The third-order valence-corrected chi connectivity index (χ3v) is 10.8. The first-order chi connectivity index (χ1) is 27.3. The van der Waals surface area contributed by atoms with Crippen LogP contribution in [0.15, 0.2) is 194 Å². The number of nitrogens with zero attached hydrogens (tertiary/aromatic N) is 4. The Hall–Kier alpha value is -7.43. The van der Waals surface area contributed by atoms with Crippen molar-refractivity contribution in [1.29, 1.82) is 0 Å². The van der Waals surface area contributed by atoms with Crippen molar-refractivity contribution in [1.82, 2.24) is 19.5 Å². The summed E-state index contributed by atoms with van der Waals surface area (Å²) in [4.78, 5) is 15.6. The van der Waals surface area contributed by atoms with Gasteiger partial charge in [-0.15, -0.1) is 0 Å². The fourth-order valence-electron chi connectivity index (χ4n) is 8.29.